The highest BCUT2D eigenvalue weighted by atomic mass is 15.1. The van der Waals surface area contributed by atoms with E-state index in [-0.39, 0.29) is 7.43 Å². The summed E-state index contributed by atoms with van der Waals surface area (Å²) in [6, 6.07) is 0.769. The van der Waals surface area contributed by atoms with E-state index in [1.807, 2.05) is 13.8 Å². The van der Waals surface area contributed by atoms with E-state index in [1.54, 1.807) is 0 Å². The fourth-order valence-corrected chi connectivity index (χ4v) is 1.43. The van der Waals surface area contributed by atoms with Crippen LogP contribution in [0.5, 0.6) is 0 Å². The van der Waals surface area contributed by atoms with Gasteiger partial charge in [0.1, 0.15) is 0 Å². The quantitative estimate of drug-likeness (QED) is 0.586. The Labute approximate surface area is 79.2 Å². The van der Waals surface area contributed by atoms with E-state index in [1.165, 1.54) is 32.4 Å². The van der Waals surface area contributed by atoms with Crippen LogP contribution in [0.25, 0.3) is 0 Å². The first kappa shape index (κ1) is 14.5. The molecule has 1 aliphatic heterocycles. The summed E-state index contributed by atoms with van der Waals surface area (Å²) in [7, 11) is 0. The first-order valence-electron chi connectivity index (χ1n) is 5.05. The highest BCUT2D eigenvalue weighted by Crippen LogP contribution is 2.10. The van der Waals surface area contributed by atoms with Gasteiger partial charge in [0.25, 0.3) is 0 Å². The van der Waals surface area contributed by atoms with Gasteiger partial charge < -0.3 is 4.90 Å². The van der Waals surface area contributed by atoms with Gasteiger partial charge in [0.2, 0.25) is 0 Å². The van der Waals surface area contributed by atoms with E-state index in [4.69, 9.17) is 0 Å². The fourth-order valence-electron chi connectivity index (χ4n) is 1.43. The molecular weight excluding hydrogens is 146 g/mol. The van der Waals surface area contributed by atoms with Gasteiger partial charge in [-0.15, -0.1) is 0 Å². The average Bonchev–Trinajstić information content (AvgIpc) is 2.10. The van der Waals surface area contributed by atoms with Crippen LogP contribution in [0.4, 0.5) is 0 Å². The molecule has 0 atom stereocenters. The maximum Gasteiger partial charge on any atom is 0.00385 e. The minimum Gasteiger partial charge on any atom is -0.301 e. The molecule has 12 heavy (non-hydrogen) atoms. The summed E-state index contributed by atoms with van der Waals surface area (Å²) < 4.78 is 0. The molecule has 0 spiro atoms. The van der Waals surface area contributed by atoms with Crippen molar-refractivity contribution in [1.29, 1.82) is 0 Å². The normalized spacial score (nSPS) is 17.8. The lowest BCUT2D eigenvalue weighted by Crippen LogP contribution is -2.35. The van der Waals surface area contributed by atoms with Crippen LogP contribution in [0.1, 0.15) is 54.4 Å². The number of likely N-dealkylation sites (tertiary alicyclic amines) is 1. The van der Waals surface area contributed by atoms with Crippen molar-refractivity contribution in [3.05, 3.63) is 0 Å². The van der Waals surface area contributed by atoms with E-state index in [0.717, 1.165) is 6.04 Å². The summed E-state index contributed by atoms with van der Waals surface area (Å²) >= 11 is 0. The molecule has 1 aliphatic rings. The Morgan fingerprint density at radius 3 is 1.58 bits per heavy atom. The summed E-state index contributed by atoms with van der Waals surface area (Å²) in [5.41, 5.74) is 0. The second kappa shape index (κ2) is 9.05. The van der Waals surface area contributed by atoms with E-state index in [2.05, 4.69) is 18.7 Å². The van der Waals surface area contributed by atoms with Gasteiger partial charge in [-0.05, 0) is 39.8 Å². The second-order valence-corrected chi connectivity index (χ2v) is 3.19. The Balaban J connectivity index is 0. The second-order valence-electron chi connectivity index (χ2n) is 3.19. The first-order chi connectivity index (χ1) is 5.30. The lowest BCUT2D eigenvalue weighted by atomic mass is 10.1. The monoisotopic (exact) mass is 173 g/mol. The van der Waals surface area contributed by atoms with E-state index in [0.29, 0.717) is 0 Å². The molecule has 1 heteroatoms. The predicted molar refractivity (Wildman–Crippen MR) is 58.6 cm³/mol. The van der Waals surface area contributed by atoms with Crippen molar-refractivity contribution in [2.45, 2.75) is 60.4 Å². The summed E-state index contributed by atoms with van der Waals surface area (Å²) in [5, 5.41) is 0. The third kappa shape index (κ3) is 5.59. The molecule has 0 aromatic rings. The van der Waals surface area contributed by atoms with Crippen molar-refractivity contribution in [1.82, 2.24) is 4.90 Å². The van der Waals surface area contributed by atoms with Gasteiger partial charge in [-0.25, -0.2) is 0 Å². The molecule has 1 fully saturated rings. The summed E-state index contributed by atoms with van der Waals surface area (Å²) in [5.74, 6) is 0. The third-order valence-electron chi connectivity index (χ3n) is 2.12. The number of hydrogen-bond acceptors (Lipinski definition) is 1. The van der Waals surface area contributed by atoms with Gasteiger partial charge in [0.05, 0.1) is 0 Å². The summed E-state index contributed by atoms with van der Waals surface area (Å²) in [6.07, 6.45) is 4.28. The number of rotatable bonds is 1. The van der Waals surface area contributed by atoms with Crippen molar-refractivity contribution in [2.75, 3.05) is 13.1 Å². The molecule has 1 nitrogen and oxygen atoms in total. The minimum absolute atomic E-state index is 0. The molecule has 0 aliphatic carbocycles. The van der Waals surface area contributed by atoms with Gasteiger partial charge in [-0.2, -0.15) is 0 Å². The van der Waals surface area contributed by atoms with E-state index < -0.39 is 0 Å². The maximum absolute atomic E-state index is 2.56. The van der Waals surface area contributed by atoms with Crippen molar-refractivity contribution in [3.63, 3.8) is 0 Å². The number of piperidine rings is 1. The van der Waals surface area contributed by atoms with Gasteiger partial charge in [0.15, 0.2) is 0 Å². The highest BCUT2D eigenvalue weighted by molar-refractivity contribution is 4.67. The van der Waals surface area contributed by atoms with Crippen molar-refractivity contribution in [3.8, 4) is 0 Å². The van der Waals surface area contributed by atoms with Crippen LogP contribution in [-0.4, -0.2) is 24.0 Å². The van der Waals surface area contributed by atoms with E-state index >= 15 is 0 Å². The standard InChI is InChI=1S/C8H17N.C2H6.CH4/c1-8(2)9-6-4-3-5-7-9;1-2;/h8H,3-7H2,1-2H3;1-2H3;1H4. The Bertz CT molecular complexity index is 73.1. The molecule has 0 unspecified atom stereocenters. The Morgan fingerprint density at radius 2 is 1.33 bits per heavy atom. The van der Waals surface area contributed by atoms with E-state index in [9.17, 15) is 0 Å². The molecule has 76 valence electrons. The van der Waals surface area contributed by atoms with Gasteiger partial charge in [-0.1, -0.05) is 27.7 Å². The van der Waals surface area contributed by atoms with Crippen LogP contribution < -0.4 is 0 Å². The zero-order valence-corrected chi connectivity index (χ0v) is 8.56. The van der Waals surface area contributed by atoms with Gasteiger partial charge >= 0.3 is 0 Å². The zero-order chi connectivity index (χ0) is 8.69. The molecule has 0 aromatic heterocycles. The SMILES string of the molecule is C.CC.CC(C)N1CCCCC1. The Kier molecular flexibility index (Phi) is 10.9. The molecule has 0 radical (unpaired) electrons. The van der Waals surface area contributed by atoms with Crippen LogP contribution in [0.2, 0.25) is 0 Å². The fraction of sp³-hybridized carbons (Fsp3) is 1.00. The molecular formula is C11H27N. The molecule has 0 amide bonds. The van der Waals surface area contributed by atoms with Crippen LogP contribution in [0.3, 0.4) is 0 Å². The number of nitrogens with zero attached hydrogens (tertiary/aromatic N) is 1. The molecule has 1 saturated heterocycles. The highest BCUT2D eigenvalue weighted by Gasteiger charge is 2.11. The van der Waals surface area contributed by atoms with Crippen LogP contribution in [0.15, 0.2) is 0 Å². The summed E-state index contributed by atoms with van der Waals surface area (Å²) in [6.45, 7) is 11.2. The third-order valence-corrected chi connectivity index (χ3v) is 2.12. The largest absolute Gasteiger partial charge is 0.301 e. The van der Waals surface area contributed by atoms with Gasteiger partial charge in [-0.3, -0.25) is 0 Å². The zero-order valence-electron chi connectivity index (χ0n) is 8.56. The van der Waals surface area contributed by atoms with Crippen molar-refractivity contribution in [2.24, 2.45) is 0 Å². The average molecular weight is 173 g/mol. The van der Waals surface area contributed by atoms with Gasteiger partial charge in [0, 0.05) is 6.04 Å². The lowest BCUT2D eigenvalue weighted by molar-refractivity contribution is 0.185. The summed E-state index contributed by atoms with van der Waals surface area (Å²) in [4.78, 5) is 2.56. The van der Waals surface area contributed by atoms with Crippen LogP contribution in [0, 0.1) is 0 Å². The number of hydrogen-bond donors (Lipinski definition) is 0. The first-order valence-corrected chi connectivity index (χ1v) is 5.05. The molecule has 0 N–H and O–H groups in total. The Morgan fingerprint density at radius 1 is 0.917 bits per heavy atom. The Hall–Kier alpha value is -0.0400. The van der Waals surface area contributed by atoms with Crippen molar-refractivity contribution >= 4 is 0 Å². The van der Waals surface area contributed by atoms with Crippen molar-refractivity contribution < 1.29 is 0 Å². The molecule has 0 aromatic carbocycles. The topological polar surface area (TPSA) is 3.24 Å². The predicted octanol–water partition coefficient (Wildman–Crippen LogP) is 3.54. The molecule has 1 rings (SSSR count). The minimum atomic E-state index is 0. The maximum atomic E-state index is 2.56. The smallest absolute Gasteiger partial charge is 0.00385 e. The lowest BCUT2D eigenvalue weighted by Gasteiger charge is -2.29. The van der Waals surface area contributed by atoms with Crippen LogP contribution >= 0.6 is 0 Å². The van der Waals surface area contributed by atoms with Crippen LogP contribution in [-0.2, 0) is 0 Å². The molecule has 0 saturated carbocycles. The molecule has 0 bridgehead atoms. The molecule has 1 heterocycles.